The Labute approximate surface area is 59.3 Å². The molecule has 1 fully saturated rings. The maximum absolute atomic E-state index is 12.6. The molecule has 0 N–H and O–H groups in total. The van der Waals surface area contributed by atoms with Crippen molar-refractivity contribution in [2.45, 2.75) is 18.8 Å². The first-order valence-electron chi connectivity index (χ1n) is 3.38. The Bertz CT molecular complexity index is 134. The minimum Gasteiger partial charge on any atom is -0.372 e. The van der Waals surface area contributed by atoms with Crippen molar-refractivity contribution in [3.8, 4) is 0 Å². The van der Waals surface area contributed by atoms with Gasteiger partial charge in [0.25, 0.3) is 5.92 Å². The van der Waals surface area contributed by atoms with Crippen LogP contribution in [-0.4, -0.2) is 23.9 Å². The van der Waals surface area contributed by atoms with Gasteiger partial charge in [0.15, 0.2) is 0 Å². The lowest BCUT2D eigenvalue weighted by atomic mass is 10.1. The van der Waals surface area contributed by atoms with Crippen molar-refractivity contribution in [1.82, 2.24) is 4.90 Å². The molecule has 1 aliphatic heterocycles. The Kier molecular flexibility index (Phi) is 1.92. The van der Waals surface area contributed by atoms with E-state index >= 15 is 0 Å². The van der Waals surface area contributed by atoms with Gasteiger partial charge in [-0.25, -0.2) is 8.78 Å². The van der Waals surface area contributed by atoms with Crippen LogP contribution in [0.5, 0.6) is 0 Å². The van der Waals surface area contributed by atoms with E-state index in [-0.39, 0.29) is 13.0 Å². The van der Waals surface area contributed by atoms with E-state index in [0.717, 1.165) is 6.54 Å². The third-order valence-corrected chi connectivity index (χ3v) is 1.68. The van der Waals surface area contributed by atoms with Crippen LogP contribution >= 0.6 is 0 Å². The Morgan fingerprint density at radius 2 is 2.20 bits per heavy atom. The first-order valence-corrected chi connectivity index (χ1v) is 3.38. The van der Waals surface area contributed by atoms with Crippen molar-refractivity contribution in [2.75, 3.05) is 13.1 Å². The molecule has 0 saturated carbocycles. The summed E-state index contributed by atoms with van der Waals surface area (Å²) in [6.45, 7) is 4.01. The topological polar surface area (TPSA) is 3.24 Å². The third kappa shape index (κ3) is 1.69. The van der Waals surface area contributed by atoms with Gasteiger partial charge in [0.1, 0.15) is 0 Å². The lowest BCUT2D eigenvalue weighted by Crippen LogP contribution is -2.39. The van der Waals surface area contributed by atoms with E-state index in [0.29, 0.717) is 6.42 Å². The van der Waals surface area contributed by atoms with E-state index in [9.17, 15) is 8.78 Å². The van der Waals surface area contributed by atoms with Crippen LogP contribution in [0, 0.1) is 0 Å². The third-order valence-electron chi connectivity index (χ3n) is 1.68. The smallest absolute Gasteiger partial charge is 0.265 e. The van der Waals surface area contributed by atoms with Crippen molar-refractivity contribution >= 4 is 0 Å². The highest BCUT2D eigenvalue weighted by Crippen LogP contribution is 2.26. The van der Waals surface area contributed by atoms with Crippen LogP contribution in [0.2, 0.25) is 0 Å². The summed E-state index contributed by atoms with van der Waals surface area (Å²) in [4.78, 5) is 1.56. The van der Waals surface area contributed by atoms with Gasteiger partial charge in [0, 0.05) is 13.0 Å². The maximum Gasteiger partial charge on any atom is 0.265 e. The number of hydrogen-bond donors (Lipinski definition) is 0. The molecule has 0 amide bonds. The Hall–Kier alpha value is -0.600. The molecule has 0 aromatic heterocycles. The number of hydrogen-bond acceptors (Lipinski definition) is 1. The van der Waals surface area contributed by atoms with Crippen LogP contribution < -0.4 is 0 Å². The summed E-state index contributed by atoms with van der Waals surface area (Å²) in [6.07, 6.45) is 2.07. The summed E-state index contributed by atoms with van der Waals surface area (Å²) in [6, 6.07) is 0. The molecule has 10 heavy (non-hydrogen) atoms. The molecule has 1 aliphatic rings. The lowest BCUT2D eigenvalue weighted by molar-refractivity contribution is -0.0517. The highest BCUT2D eigenvalue weighted by molar-refractivity contribution is 4.83. The summed E-state index contributed by atoms with van der Waals surface area (Å²) in [5.41, 5.74) is 0. The SMILES string of the molecule is C=CN1CCCC(F)(F)C1. The van der Waals surface area contributed by atoms with Crippen molar-refractivity contribution in [2.24, 2.45) is 0 Å². The fraction of sp³-hybridized carbons (Fsp3) is 0.714. The van der Waals surface area contributed by atoms with Crippen molar-refractivity contribution in [3.05, 3.63) is 12.8 Å². The second-order valence-electron chi connectivity index (χ2n) is 2.61. The molecule has 0 spiro atoms. The van der Waals surface area contributed by atoms with Gasteiger partial charge in [-0.1, -0.05) is 6.58 Å². The Morgan fingerprint density at radius 3 is 2.60 bits per heavy atom. The number of nitrogens with zero attached hydrogens (tertiary/aromatic N) is 1. The van der Waals surface area contributed by atoms with E-state index in [1.807, 2.05) is 0 Å². The second kappa shape index (κ2) is 2.56. The number of halogens is 2. The normalized spacial score (nSPS) is 24.4. The molecule has 58 valence electrons. The van der Waals surface area contributed by atoms with Crippen LogP contribution in [0.4, 0.5) is 8.78 Å². The summed E-state index contributed by atoms with van der Waals surface area (Å²) < 4.78 is 25.1. The zero-order valence-electron chi connectivity index (χ0n) is 5.82. The van der Waals surface area contributed by atoms with Gasteiger partial charge in [-0.05, 0) is 12.6 Å². The predicted molar refractivity (Wildman–Crippen MR) is 36.0 cm³/mol. The predicted octanol–water partition coefficient (Wildman–Crippen LogP) is 1.86. The standard InChI is InChI=1S/C7H11F2N/c1-2-10-5-3-4-7(8,9)6-10/h2H,1,3-6H2. The monoisotopic (exact) mass is 147 g/mol. The maximum atomic E-state index is 12.6. The number of piperidine rings is 1. The molecular formula is C7H11F2N. The van der Waals surface area contributed by atoms with Crippen LogP contribution in [0.25, 0.3) is 0 Å². The second-order valence-corrected chi connectivity index (χ2v) is 2.61. The average Bonchev–Trinajstić information content (AvgIpc) is 1.86. The van der Waals surface area contributed by atoms with Crippen LogP contribution in [-0.2, 0) is 0 Å². The van der Waals surface area contributed by atoms with E-state index in [4.69, 9.17) is 0 Å². The molecule has 1 nitrogen and oxygen atoms in total. The number of likely N-dealkylation sites (tertiary alicyclic amines) is 1. The van der Waals surface area contributed by atoms with Gasteiger partial charge in [-0.2, -0.15) is 0 Å². The molecule has 0 aromatic rings. The van der Waals surface area contributed by atoms with E-state index in [2.05, 4.69) is 6.58 Å². The summed E-state index contributed by atoms with van der Waals surface area (Å²) in [5.74, 6) is -2.49. The van der Waals surface area contributed by atoms with Gasteiger partial charge >= 0.3 is 0 Å². The van der Waals surface area contributed by atoms with Crippen molar-refractivity contribution in [1.29, 1.82) is 0 Å². The quantitative estimate of drug-likeness (QED) is 0.547. The largest absolute Gasteiger partial charge is 0.372 e. The van der Waals surface area contributed by atoms with Gasteiger partial charge in [-0.3, -0.25) is 0 Å². The summed E-state index contributed by atoms with van der Waals surface area (Å²) in [5, 5.41) is 0. The van der Waals surface area contributed by atoms with Gasteiger partial charge < -0.3 is 4.90 Å². The zero-order valence-corrected chi connectivity index (χ0v) is 5.82. The fourth-order valence-corrected chi connectivity index (χ4v) is 1.15. The van der Waals surface area contributed by atoms with Crippen LogP contribution in [0.15, 0.2) is 12.8 Å². The fourth-order valence-electron chi connectivity index (χ4n) is 1.15. The summed E-state index contributed by atoms with van der Waals surface area (Å²) in [7, 11) is 0. The molecular weight excluding hydrogens is 136 g/mol. The van der Waals surface area contributed by atoms with Crippen molar-refractivity contribution < 1.29 is 8.78 Å². The van der Waals surface area contributed by atoms with E-state index in [1.54, 1.807) is 4.90 Å². The highest BCUT2D eigenvalue weighted by Gasteiger charge is 2.33. The molecule has 1 saturated heterocycles. The van der Waals surface area contributed by atoms with Gasteiger partial charge in [0.2, 0.25) is 0 Å². The van der Waals surface area contributed by atoms with Crippen molar-refractivity contribution in [3.63, 3.8) is 0 Å². The molecule has 1 rings (SSSR count). The van der Waals surface area contributed by atoms with E-state index in [1.165, 1.54) is 6.20 Å². The molecule has 0 aliphatic carbocycles. The van der Waals surface area contributed by atoms with E-state index < -0.39 is 5.92 Å². The zero-order chi connectivity index (χ0) is 7.61. The molecule has 3 heteroatoms. The molecule has 0 aromatic carbocycles. The summed E-state index contributed by atoms with van der Waals surface area (Å²) >= 11 is 0. The minimum atomic E-state index is -2.49. The first-order chi connectivity index (χ1) is 4.64. The number of alkyl halides is 2. The minimum absolute atomic E-state index is 0.0251. The Morgan fingerprint density at radius 1 is 1.50 bits per heavy atom. The lowest BCUT2D eigenvalue weighted by Gasteiger charge is -2.31. The Balaban J connectivity index is 2.47. The van der Waals surface area contributed by atoms with Gasteiger partial charge in [0.05, 0.1) is 6.54 Å². The highest BCUT2D eigenvalue weighted by atomic mass is 19.3. The van der Waals surface area contributed by atoms with Crippen LogP contribution in [0.3, 0.4) is 0 Å². The molecule has 0 bridgehead atoms. The molecule has 1 heterocycles. The molecule has 0 atom stereocenters. The first kappa shape index (κ1) is 7.51. The van der Waals surface area contributed by atoms with Gasteiger partial charge in [-0.15, -0.1) is 0 Å². The molecule has 0 unspecified atom stereocenters. The van der Waals surface area contributed by atoms with Crippen LogP contribution in [0.1, 0.15) is 12.8 Å². The average molecular weight is 147 g/mol. The number of rotatable bonds is 1. The molecule has 0 radical (unpaired) electrons.